The molecule has 6 nitrogen and oxygen atoms in total. The van der Waals surface area contributed by atoms with Gasteiger partial charge in [0.2, 0.25) is 5.95 Å². The van der Waals surface area contributed by atoms with E-state index in [2.05, 4.69) is 60.4 Å². The minimum atomic E-state index is 0.288. The van der Waals surface area contributed by atoms with Crippen LogP contribution >= 0.6 is 15.9 Å². The Morgan fingerprint density at radius 3 is 2.79 bits per heavy atom. The third-order valence-corrected chi connectivity index (χ3v) is 5.08. The lowest BCUT2D eigenvalue weighted by atomic mass is 10.1. The Morgan fingerprint density at radius 2 is 2.08 bits per heavy atom. The molecule has 1 fully saturated rings. The smallest absolute Gasteiger partial charge is 0.220 e. The van der Waals surface area contributed by atoms with Crippen molar-refractivity contribution in [3.8, 4) is 11.3 Å². The summed E-state index contributed by atoms with van der Waals surface area (Å²) in [6.07, 6.45) is 5.79. The van der Waals surface area contributed by atoms with Crippen LogP contribution < -0.4 is 5.73 Å². The van der Waals surface area contributed by atoms with Crippen molar-refractivity contribution in [2.24, 2.45) is 0 Å². The first-order valence-electron chi connectivity index (χ1n) is 8.02. The lowest BCUT2D eigenvalue weighted by Gasteiger charge is -2.43. The first-order chi connectivity index (χ1) is 11.5. The van der Waals surface area contributed by atoms with Crippen molar-refractivity contribution in [3.05, 3.63) is 35.3 Å². The van der Waals surface area contributed by atoms with Crippen molar-refractivity contribution in [1.82, 2.24) is 24.4 Å². The van der Waals surface area contributed by atoms with Crippen LogP contribution in [-0.2, 0) is 0 Å². The maximum absolute atomic E-state index is 5.77. The number of fused-ring (bicyclic) bond motifs is 1. The van der Waals surface area contributed by atoms with Crippen LogP contribution in [0.4, 0.5) is 5.95 Å². The summed E-state index contributed by atoms with van der Waals surface area (Å²) < 4.78 is 3.13. The quantitative estimate of drug-likeness (QED) is 0.700. The van der Waals surface area contributed by atoms with Crippen LogP contribution in [-0.4, -0.2) is 43.6 Å². The molecule has 1 aliphatic heterocycles. The Balaban J connectivity index is 1.82. The van der Waals surface area contributed by atoms with Gasteiger partial charge in [-0.15, -0.1) is 0 Å². The number of pyridine rings is 1. The third kappa shape index (κ3) is 2.57. The fourth-order valence-electron chi connectivity index (χ4n) is 3.24. The average molecular weight is 387 g/mol. The Morgan fingerprint density at radius 1 is 1.29 bits per heavy atom. The van der Waals surface area contributed by atoms with E-state index in [-0.39, 0.29) is 5.95 Å². The summed E-state index contributed by atoms with van der Waals surface area (Å²) in [6.45, 7) is 6.58. The van der Waals surface area contributed by atoms with E-state index in [4.69, 9.17) is 5.73 Å². The molecule has 0 saturated carbocycles. The fourth-order valence-corrected chi connectivity index (χ4v) is 3.57. The van der Waals surface area contributed by atoms with E-state index in [0.29, 0.717) is 12.1 Å². The second-order valence-corrected chi connectivity index (χ2v) is 7.29. The van der Waals surface area contributed by atoms with Crippen molar-refractivity contribution >= 4 is 32.8 Å². The van der Waals surface area contributed by atoms with Gasteiger partial charge in [-0.2, -0.15) is 0 Å². The number of hydrogen-bond acceptors (Lipinski definition) is 5. The summed E-state index contributed by atoms with van der Waals surface area (Å²) in [6, 6.07) is 4.98. The molecular weight excluding hydrogens is 368 g/mol. The third-order valence-electron chi connectivity index (χ3n) is 4.65. The van der Waals surface area contributed by atoms with Gasteiger partial charge in [-0.05, 0) is 41.9 Å². The molecule has 4 rings (SSSR count). The zero-order valence-electron chi connectivity index (χ0n) is 13.6. The highest BCUT2D eigenvalue weighted by molar-refractivity contribution is 9.10. The molecule has 24 heavy (non-hydrogen) atoms. The van der Waals surface area contributed by atoms with Crippen LogP contribution in [0.3, 0.4) is 0 Å². The number of nitrogens with two attached hydrogens (primary N) is 1. The van der Waals surface area contributed by atoms with Gasteiger partial charge in [-0.1, -0.05) is 0 Å². The van der Waals surface area contributed by atoms with Crippen LogP contribution in [0.1, 0.15) is 19.9 Å². The van der Waals surface area contributed by atoms with Crippen molar-refractivity contribution in [2.75, 3.05) is 18.8 Å². The zero-order chi connectivity index (χ0) is 16.8. The molecule has 0 atom stereocenters. The molecule has 0 bridgehead atoms. The summed E-state index contributed by atoms with van der Waals surface area (Å²) in [5, 5.41) is 1.12. The largest absolute Gasteiger partial charge is 0.368 e. The number of likely N-dealkylation sites (tertiary alicyclic amines) is 1. The van der Waals surface area contributed by atoms with E-state index in [1.807, 2.05) is 18.3 Å². The topological polar surface area (TPSA) is 72.9 Å². The van der Waals surface area contributed by atoms with Crippen molar-refractivity contribution < 1.29 is 0 Å². The first-order valence-corrected chi connectivity index (χ1v) is 8.81. The Kier molecular flexibility index (Phi) is 3.77. The van der Waals surface area contributed by atoms with Crippen LogP contribution in [0.2, 0.25) is 0 Å². The van der Waals surface area contributed by atoms with Gasteiger partial charge in [0.25, 0.3) is 0 Å². The second kappa shape index (κ2) is 5.82. The van der Waals surface area contributed by atoms with Crippen molar-refractivity contribution in [3.63, 3.8) is 0 Å². The summed E-state index contributed by atoms with van der Waals surface area (Å²) >= 11 is 3.47. The van der Waals surface area contributed by atoms with Gasteiger partial charge < -0.3 is 10.3 Å². The maximum atomic E-state index is 5.77. The van der Waals surface area contributed by atoms with Gasteiger partial charge in [0, 0.05) is 42.5 Å². The molecule has 3 aromatic rings. The van der Waals surface area contributed by atoms with E-state index in [1.54, 1.807) is 6.20 Å². The van der Waals surface area contributed by atoms with Gasteiger partial charge in [0.1, 0.15) is 4.60 Å². The van der Waals surface area contributed by atoms with Crippen LogP contribution in [0.15, 0.2) is 35.3 Å². The number of nitrogens with zero attached hydrogens (tertiary/aromatic N) is 5. The first kappa shape index (κ1) is 15.5. The molecule has 0 unspecified atom stereocenters. The molecule has 3 aromatic heterocycles. The highest BCUT2D eigenvalue weighted by Gasteiger charge is 2.31. The van der Waals surface area contributed by atoms with Gasteiger partial charge in [-0.25, -0.2) is 15.0 Å². The van der Waals surface area contributed by atoms with Crippen LogP contribution in [0.25, 0.3) is 22.2 Å². The minimum Gasteiger partial charge on any atom is -0.368 e. The molecule has 7 heteroatoms. The molecule has 1 saturated heterocycles. The average Bonchev–Trinajstić information content (AvgIpc) is 2.84. The second-order valence-electron chi connectivity index (χ2n) is 6.48. The highest BCUT2D eigenvalue weighted by Crippen LogP contribution is 2.35. The molecule has 4 heterocycles. The molecule has 0 aromatic carbocycles. The van der Waals surface area contributed by atoms with E-state index >= 15 is 0 Å². The van der Waals surface area contributed by atoms with Gasteiger partial charge in [0.05, 0.1) is 23.4 Å². The number of hydrogen-bond donors (Lipinski definition) is 1. The molecular formula is C17H19BrN6. The molecule has 124 valence electrons. The molecule has 0 aliphatic carbocycles. The Bertz CT molecular complexity index is 897. The predicted octanol–water partition coefficient (Wildman–Crippen LogP) is 3.10. The SMILES string of the molecule is CC(C)N1CC(n2cc(-c3ccnc(N)n3)c3cc(Br)ncc32)C1. The standard InChI is InChI=1S/C17H19BrN6/c1-10(2)23-7-11(8-23)24-9-13(14-3-4-20-17(19)22-14)12-5-16(18)21-6-15(12)24/h3-6,9-11H,7-8H2,1-2H3,(H2,19,20,22). The monoisotopic (exact) mass is 386 g/mol. The number of aromatic nitrogens is 4. The van der Waals surface area contributed by atoms with Crippen LogP contribution in [0, 0.1) is 0 Å². The van der Waals surface area contributed by atoms with Gasteiger partial charge in [-0.3, -0.25) is 4.90 Å². The Hall–Kier alpha value is -1.99. The van der Waals surface area contributed by atoms with Crippen molar-refractivity contribution in [1.29, 1.82) is 0 Å². The predicted molar refractivity (Wildman–Crippen MR) is 98.6 cm³/mol. The summed E-state index contributed by atoms with van der Waals surface area (Å²) in [5.74, 6) is 0.288. The molecule has 0 radical (unpaired) electrons. The lowest BCUT2D eigenvalue weighted by molar-refractivity contribution is 0.0767. The molecule has 0 spiro atoms. The minimum absolute atomic E-state index is 0.288. The molecule has 1 aliphatic rings. The normalized spacial score (nSPS) is 16.0. The Labute approximate surface area is 148 Å². The van der Waals surface area contributed by atoms with Gasteiger partial charge in [0.15, 0.2) is 0 Å². The summed E-state index contributed by atoms with van der Waals surface area (Å²) in [4.78, 5) is 15.3. The number of nitrogen functional groups attached to an aromatic ring is 1. The van der Waals surface area contributed by atoms with E-state index < -0.39 is 0 Å². The zero-order valence-corrected chi connectivity index (χ0v) is 15.2. The lowest BCUT2D eigenvalue weighted by Crippen LogP contribution is -2.50. The summed E-state index contributed by atoms with van der Waals surface area (Å²) in [7, 11) is 0. The number of halogens is 1. The fraction of sp³-hybridized carbons (Fsp3) is 0.353. The van der Waals surface area contributed by atoms with Crippen LogP contribution in [0.5, 0.6) is 0 Å². The number of rotatable bonds is 3. The van der Waals surface area contributed by atoms with Crippen molar-refractivity contribution in [2.45, 2.75) is 25.9 Å². The molecule has 0 amide bonds. The van der Waals surface area contributed by atoms with E-state index in [9.17, 15) is 0 Å². The van der Waals surface area contributed by atoms with E-state index in [0.717, 1.165) is 39.9 Å². The highest BCUT2D eigenvalue weighted by atomic mass is 79.9. The van der Waals surface area contributed by atoms with E-state index in [1.165, 1.54) is 0 Å². The number of anilines is 1. The van der Waals surface area contributed by atoms with Gasteiger partial charge >= 0.3 is 0 Å². The summed E-state index contributed by atoms with van der Waals surface area (Å²) in [5.41, 5.74) is 8.79. The maximum Gasteiger partial charge on any atom is 0.220 e. The molecule has 2 N–H and O–H groups in total.